The molecule has 1 aromatic rings. The average molecular weight is 269 g/mol. The molecule has 17 heavy (non-hydrogen) atoms. The Morgan fingerprint density at radius 1 is 1.06 bits per heavy atom. The van der Waals surface area contributed by atoms with Crippen molar-refractivity contribution < 1.29 is 0 Å². The highest BCUT2D eigenvalue weighted by Gasteiger charge is 2.37. The van der Waals surface area contributed by atoms with Crippen molar-refractivity contribution in [3.63, 3.8) is 0 Å². The van der Waals surface area contributed by atoms with Crippen LogP contribution in [0.3, 0.4) is 0 Å². The molecule has 1 nitrogen and oxygen atoms in total. The van der Waals surface area contributed by atoms with Gasteiger partial charge in [-0.15, -0.1) is 0 Å². The molecule has 0 fully saturated rings. The Hall–Kier alpha value is -0.170. The Morgan fingerprint density at radius 3 is 1.88 bits per heavy atom. The van der Waals surface area contributed by atoms with Crippen LogP contribution >= 0.6 is 6.19 Å². The summed E-state index contributed by atoms with van der Waals surface area (Å²) in [7, 11) is 0. The standard InChI is InChI=1S/C14H24NPS/c1-6-15(7-2)16(17,14(3,4)5)13-11-9-8-10-12-13/h8-12H,6-7H2,1-5H3. The molecule has 0 aliphatic heterocycles. The van der Waals surface area contributed by atoms with Gasteiger partial charge in [-0.1, -0.05) is 76.8 Å². The molecule has 0 aliphatic carbocycles. The molecule has 1 aromatic carbocycles. The predicted molar refractivity (Wildman–Crippen MR) is 83.0 cm³/mol. The quantitative estimate of drug-likeness (QED) is 0.764. The van der Waals surface area contributed by atoms with Gasteiger partial charge in [-0.05, 0) is 5.30 Å². The Labute approximate surface area is 111 Å². The van der Waals surface area contributed by atoms with E-state index >= 15 is 0 Å². The van der Waals surface area contributed by atoms with E-state index in [0.29, 0.717) is 0 Å². The van der Waals surface area contributed by atoms with Crippen molar-refractivity contribution in [3.8, 4) is 0 Å². The molecule has 0 heterocycles. The molecule has 0 saturated carbocycles. The fourth-order valence-electron chi connectivity index (χ4n) is 2.23. The zero-order valence-corrected chi connectivity index (χ0v) is 13.3. The first-order chi connectivity index (χ1) is 7.87. The summed E-state index contributed by atoms with van der Waals surface area (Å²) in [6, 6.07) is 10.7. The molecule has 0 spiro atoms. The Kier molecular flexibility index (Phi) is 4.95. The highest BCUT2D eigenvalue weighted by molar-refractivity contribution is 8.17. The maximum absolute atomic E-state index is 6.16. The highest BCUT2D eigenvalue weighted by atomic mass is 32.4. The van der Waals surface area contributed by atoms with Gasteiger partial charge in [0.05, 0.1) is 0 Å². The molecule has 3 heteroatoms. The fourth-order valence-corrected chi connectivity index (χ4v) is 6.61. The van der Waals surface area contributed by atoms with Gasteiger partial charge in [0.25, 0.3) is 0 Å². The van der Waals surface area contributed by atoms with Crippen LogP contribution in [-0.4, -0.2) is 22.9 Å². The minimum atomic E-state index is -1.70. The summed E-state index contributed by atoms with van der Waals surface area (Å²) in [6.07, 6.45) is -1.70. The molecule has 1 atom stereocenters. The third kappa shape index (κ3) is 2.81. The van der Waals surface area contributed by atoms with E-state index in [-0.39, 0.29) is 5.16 Å². The summed E-state index contributed by atoms with van der Waals surface area (Å²) in [4.78, 5) is 0. The lowest BCUT2D eigenvalue weighted by atomic mass is 10.3. The van der Waals surface area contributed by atoms with Crippen LogP contribution in [-0.2, 0) is 11.8 Å². The summed E-state index contributed by atoms with van der Waals surface area (Å²) < 4.78 is 2.48. The third-order valence-electron chi connectivity index (χ3n) is 3.14. The monoisotopic (exact) mass is 269 g/mol. The Balaban J connectivity index is 3.36. The molecule has 0 aliphatic rings. The van der Waals surface area contributed by atoms with Crippen LogP contribution in [0.2, 0.25) is 0 Å². The topological polar surface area (TPSA) is 3.24 Å². The number of hydrogen-bond donors (Lipinski definition) is 0. The summed E-state index contributed by atoms with van der Waals surface area (Å²) in [6.45, 7) is 13.3. The fraction of sp³-hybridized carbons (Fsp3) is 0.571. The Bertz CT molecular complexity index is 390. The molecule has 0 N–H and O–H groups in total. The van der Waals surface area contributed by atoms with Gasteiger partial charge in [0, 0.05) is 24.4 Å². The second-order valence-corrected chi connectivity index (χ2v) is 10.4. The van der Waals surface area contributed by atoms with Gasteiger partial charge in [-0.2, -0.15) is 0 Å². The molecule has 1 unspecified atom stereocenters. The second kappa shape index (κ2) is 5.65. The molecule has 0 bridgehead atoms. The molecule has 0 amide bonds. The molecule has 96 valence electrons. The summed E-state index contributed by atoms with van der Waals surface area (Å²) >= 11 is 6.16. The SMILES string of the molecule is CCN(CC)P(=S)(c1ccccc1)C(C)(C)C. The lowest BCUT2D eigenvalue weighted by Crippen LogP contribution is -2.35. The summed E-state index contributed by atoms with van der Waals surface area (Å²) in [5, 5.41) is 1.47. The summed E-state index contributed by atoms with van der Waals surface area (Å²) in [5.41, 5.74) is 0. The van der Waals surface area contributed by atoms with Gasteiger partial charge < -0.3 is 0 Å². The zero-order valence-electron chi connectivity index (χ0n) is 11.6. The van der Waals surface area contributed by atoms with Crippen molar-refractivity contribution >= 4 is 23.3 Å². The van der Waals surface area contributed by atoms with E-state index in [1.807, 2.05) is 0 Å². The van der Waals surface area contributed by atoms with Gasteiger partial charge in [-0.25, -0.2) is 0 Å². The van der Waals surface area contributed by atoms with Gasteiger partial charge in [-0.3, -0.25) is 4.67 Å². The van der Waals surface area contributed by atoms with E-state index in [9.17, 15) is 0 Å². The molecular weight excluding hydrogens is 245 g/mol. The normalized spacial score (nSPS) is 15.9. The highest BCUT2D eigenvalue weighted by Crippen LogP contribution is 2.59. The number of hydrogen-bond acceptors (Lipinski definition) is 1. The van der Waals surface area contributed by atoms with E-state index in [1.165, 1.54) is 5.30 Å². The zero-order chi connectivity index (χ0) is 13.1. The van der Waals surface area contributed by atoms with Crippen LogP contribution in [0, 0.1) is 0 Å². The Morgan fingerprint density at radius 2 is 1.53 bits per heavy atom. The smallest absolute Gasteiger partial charge is 0.0480 e. The molecule has 1 rings (SSSR count). The minimum absolute atomic E-state index is 0.135. The van der Waals surface area contributed by atoms with Crippen molar-refractivity contribution in [2.75, 3.05) is 13.1 Å². The summed E-state index contributed by atoms with van der Waals surface area (Å²) in [5.74, 6) is 0. The predicted octanol–water partition coefficient (Wildman–Crippen LogP) is 3.85. The first-order valence-corrected chi connectivity index (χ1v) is 9.04. The van der Waals surface area contributed by atoms with Crippen molar-refractivity contribution in [1.82, 2.24) is 4.67 Å². The molecule has 0 saturated heterocycles. The number of rotatable bonds is 4. The van der Waals surface area contributed by atoms with Crippen LogP contribution in [0.15, 0.2) is 30.3 Å². The van der Waals surface area contributed by atoms with E-state index in [2.05, 4.69) is 69.6 Å². The average Bonchev–Trinajstić information content (AvgIpc) is 2.30. The van der Waals surface area contributed by atoms with Crippen molar-refractivity contribution in [2.45, 2.75) is 39.8 Å². The molecule has 0 radical (unpaired) electrons. The number of benzene rings is 1. The maximum atomic E-state index is 6.16. The van der Waals surface area contributed by atoms with Crippen LogP contribution in [0.5, 0.6) is 0 Å². The van der Waals surface area contributed by atoms with Gasteiger partial charge in [0.15, 0.2) is 0 Å². The van der Waals surface area contributed by atoms with Crippen LogP contribution < -0.4 is 5.30 Å². The van der Waals surface area contributed by atoms with E-state index in [4.69, 9.17) is 11.8 Å². The number of nitrogens with zero attached hydrogens (tertiary/aromatic N) is 1. The lowest BCUT2D eigenvalue weighted by Gasteiger charge is -2.43. The molecule has 0 aromatic heterocycles. The lowest BCUT2D eigenvalue weighted by molar-refractivity contribution is 0.493. The van der Waals surface area contributed by atoms with E-state index < -0.39 is 6.19 Å². The minimum Gasteiger partial charge on any atom is -0.272 e. The molecular formula is C14H24NPS. The van der Waals surface area contributed by atoms with Gasteiger partial charge >= 0.3 is 0 Å². The van der Waals surface area contributed by atoms with Crippen molar-refractivity contribution in [3.05, 3.63) is 30.3 Å². The van der Waals surface area contributed by atoms with Crippen LogP contribution in [0.25, 0.3) is 0 Å². The van der Waals surface area contributed by atoms with Crippen LogP contribution in [0.1, 0.15) is 34.6 Å². The first kappa shape index (κ1) is 14.9. The van der Waals surface area contributed by atoms with Crippen molar-refractivity contribution in [1.29, 1.82) is 0 Å². The van der Waals surface area contributed by atoms with Gasteiger partial charge in [0.2, 0.25) is 0 Å². The second-order valence-electron chi connectivity index (χ2n) is 5.22. The van der Waals surface area contributed by atoms with E-state index in [1.54, 1.807) is 0 Å². The maximum Gasteiger partial charge on any atom is 0.0480 e. The van der Waals surface area contributed by atoms with E-state index in [0.717, 1.165) is 13.1 Å². The largest absolute Gasteiger partial charge is 0.272 e. The van der Waals surface area contributed by atoms with Crippen LogP contribution in [0.4, 0.5) is 0 Å². The third-order valence-corrected chi connectivity index (χ3v) is 10.3. The first-order valence-electron chi connectivity index (χ1n) is 6.29. The van der Waals surface area contributed by atoms with Gasteiger partial charge in [0.1, 0.15) is 0 Å². The van der Waals surface area contributed by atoms with Crippen molar-refractivity contribution in [2.24, 2.45) is 0 Å².